The molecule has 0 aromatic heterocycles. The van der Waals surface area contributed by atoms with Gasteiger partial charge in [-0.2, -0.15) is 0 Å². The van der Waals surface area contributed by atoms with Crippen LogP contribution in [0.15, 0.2) is 30.3 Å². The van der Waals surface area contributed by atoms with Crippen LogP contribution in [0.1, 0.15) is 31.7 Å². The first-order chi connectivity index (χ1) is 13.9. The van der Waals surface area contributed by atoms with Crippen LogP contribution in [0.4, 0.5) is 4.79 Å². The Bertz CT molecular complexity index is 665. The monoisotopic (exact) mass is 407 g/mol. The molecule has 0 spiro atoms. The molecule has 0 saturated heterocycles. The second-order valence-corrected chi connectivity index (χ2v) is 6.18. The maximum Gasteiger partial charge on any atom is 0.413 e. The second kappa shape index (κ2) is 14.0. The number of alkyl carbamates (subject to hydrolysis) is 1. The van der Waals surface area contributed by atoms with Crippen molar-refractivity contribution in [3.63, 3.8) is 0 Å². The highest BCUT2D eigenvalue weighted by atomic mass is 16.6. The third-order valence-electron chi connectivity index (χ3n) is 3.77. The number of carbonyl (C=O) groups excluding carboxylic acids is 3. The molecule has 0 aliphatic heterocycles. The van der Waals surface area contributed by atoms with Crippen LogP contribution in [0.25, 0.3) is 0 Å². The van der Waals surface area contributed by atoms with Crippen molar-refractivity contribution in [2.24, 2.45) is 0 Å². The fourth-order valence-corrected chi connectivity index (χ4v) is 2.23. The first-order valence-electron chi connectivity index (χ1n) is 9.51. The number of nitrogens with zero attached hydrogens (tertiary/aromatic N) is 1. The highest BCUT2D eigenvalue weighted by molar-refractivity contribution is 5.93. The van der Waals surface area contributed by atoms with Crippen molar-refractivity contribution in [3.8, 4) is 0 Å². The molecule has 0 aliphatic carbocycles. The van der Waals surface area contributed by atoms with Gasteiger partial charge in [0, 0.05) is 13.5 Å². The predicted molar refractivity (Wildman–Crippen MR) is 106 cm³/mol. The fourth-order valence-electron chi connectivity index (χ4n) is 2.23. The Labute approximate surface area is 170 Å². The Morgan fingerprint density at radius 1 is 1.00 bits per heavy atom. The minimum absolute atomic E-state index is 0.127. The first kappa shape index (κ1) is 23.9. The molecule has 1 amide bonds. The average molecular weight is 407 g/mol. The van der Waals surface area contributed by atoms with E-state index in [2.05, 4.69) is 5.32 Å². The summed E-state index contributed by atoms with van der Waals surface area (Å²) in [6, 6.07) is 9.70. The molecule has 9 nitrogen and oxygen atoms in total. The number of esters is 2. The molecule has 9 heteroatoms. The zero-order valence-corrected chi connectivity index (χ0v) is 16.9. The van der Waals surface area contributed by atoms with Crippen LogP contribution in [0, 0.1) is 5.41 Å². The number of likely N-dealkylation sites (N-methyl/N-ethyl adjacent to an activating group) is 1. The van der Waals surface area contributed by atoms with Gasteiger partial charge < -0.3 is 19.1 Å². The van der Waals surface area contributed by atoms with Crippen molar-refractivity contribution in [2.45, 2.75) is 32.6 Å². The van der Waals surface area contributed by atoms with Gasteiger partial charge in [0.1, 0.15) is 6.54 Å². The van der Waals surface area contributed by atoms with Crippen molar-refractivity contribution >= 4 is 24.0 Å². The molecule has 0 saturated carbocycles. The van der Waals surface area contributed by atoms with Crippen LogP contribution >= 0.6 is 0 Å². The highest BCUT2D eigenvalue weighted by Crippen LogP contribution is 2.03. The van der Waals surface area contributed by atoms with Crippen LogP contribution in [0.2, 0.25) is 0 Å². The van der Waals surface area contributed by atoms with Crippen LogP contribution in [-0.4, -0.2) is 62.3 Å². The molecule has 1 rings (SSSR count). The van der Waals surface area contributed by atoms with Crippen LogP contribution in [-0.2, 0) is 30.2 Å². The Hall–Kier alpha value is -3.10. The third-order valence-corrected chi connectivity index (χ3v) is 3.77. The number of rotatable bonds is 11. The number of ether oxygens (including phenoxy) is 3. The fraction of sp³-hybridized carbons (Fsp3) is 0.500. The Kier molecular flexibility index (Phi) is 11.5. The zero-order chi connectivity index (χ0) is 21.5. The normalized spacial score (nSPS) is 10.0. The molecular formula is C20H29N3O6. The maximum absolute atomic E-state index is 11.7. The van der Waals surface area contributed by atoms with Gasteiger partial charge in [-0.1, -0.05) is 30.3 Å². The number of carbonyl (C=O) groups is 3. The van der Waals surface area contributed by atoms with Crippen LogP contribution in [0.5, 0.6) is 0 Å². The van der Waals surface area contributed by atoms with Crippen molar-refractivity contribution in [1.82, 2.24) is 10.2 Å². The van der Waals surface area contributed by atoms with E-state index in [9.17, 15) is 14.4 Å². The molecular weight excluding hydrogens is 378 g/mol. The van der Waals surface area contributed by atoms with E-state index >= 15 is 0 Å². The number of nitrogens with one attached hydrogen (secondary N) is 2. The predicted octanol–water partition coefficient (Wildman–Crippen LogP) is 2.10. The highest BCUT2D eigenvalue weighted by Gasteiger charge is 2.13. The van der Waals surface area contributed by atoms with E-state index in [0.29, 0.717) is 25.7 Å². The van der Waals surface area contributed by atoms with Gasteiger partial charge in [-0.25, -0.2) is 4.79 Å². The molecule has 0 atom stereocenters. The summed E-state index contributed by atoms with van der Waals surface area (Å²) >= 11 is 0. The summed E-state index contributed by atoms with van der Waals surface area (Å²) in [7, 11) is 1.48. The molecule has 0 unspecified atom stereocenters. The lowest BCUT2D eigenvalue weighted by Crippen LogP contribution is -2.44. The number of unbranched alkanes of at least 4 members (excludes halogenated alkanes) is 1. The molecule has 1 aromatic rings. The van der Waals surface area contributed by atoms with E-state index in [1.165, 1.54) is 11.9 Å². The number of benzene rings is 1. The minimum Gasteiger partial charge on any atom is -0.466 e. The zero-order valence-electron chi connectivity index (χ0n) is 16.9. The van der Waals surface area contributed by atoms with Gasteiger partial charge in [0.15, 0.2) is 0 Å². The van der Waals surface area contributed by atoms with E-state index < -0.39 is 12.1 Å². The van der Waals surface area contributed by atoms with Gasteiger partial charge in [-0.15, -0.1) is 0 Å². The summed E-state index contributed by atoms with van der Waals surface area (Å²) in [6.07, 6.45) is 1.25. The quantitative estimate of drug-likeness (QED) is 0.190. The van der Waals surface area contributed by atoms with Crippen molar-refractivity contribution < 1.29 is 28.6 Å². The van der Waals surface area contributed by atoms with E-state index in [1.54, 1.807) is 6.92 Å². The Morgan fingerprint density at radius 2 is 1.66 bits per heavy atom. The number of amides is 1. The topological polar surface area (TPSA) is 118 Å². The molecule has 0 bridgehead atoms. The van der Waals surface area contributed by atoms with E-state index in [-0.39, 0.29) is 38.3 Å². The van der Waals surface area contributed by atoms with Gasteiger partial charge in [0.2, 0.25) is 5.96 Å². The molecule has 1 aromatic carbocycles. The Morgan fingerprint density at radius 3 is 2.31 bits per heavy atom. The smallest absolute Gasteiger partial charge is 0.413 e. The molecule has 2 N–H and O–H groups in total. The third kappa shape index (κ3) is 11.4. The maximum atomic E-state index is 11.7. The second-order valence-electron chi connectivity index (χ2n) is 6.18. The average Bonchev–Trinajstić information content (AvgIpc) is 2.69. The van der Waals surface area contributed by atoms with Crippen molar-refractivity contribution in [2.75, 3.05) is 33.4 Å². The summed E-state index contributed by atoms with van der Waals surface area (Å²) in [5.41, 5.74) is 1.09. The van der Waals surface area contributed by atoms with Crippen molar-refractivity contribution in [3.05, 3.63) is 35.9 Å². The SMILES string of the molecule is CCOC(=O)CN(C)C(=N)NC(=O)OCCCCOC(=O)CCc1ccccc1. The van der Waals surface area contributed by atoms with Crippen molar-refractivity contribution in [1.29, 1.82) is 5.41 Å². The minimum atomic E-state index is -0.787. The summed E-state index contributed by atoms with van der Waals surface area (Å²) in [5.74, 6) is -1.02. The standard InChI is InChI=1S/C20H29N3O6/c1-3-27-18(25)15-23(2)19(21)22-20(26)29-14-8-7-13-28-17(24)12-11-16-9-5-4-6-10-16/h4-6,9-10H,3,7-8,11-15H2,1-2H3,(H2,21,22,26). The molecule has 0 radical (unpaired) electrons. The van der Waals surface area contributed by atoms with E-state index in [0.717, 1.165) is 5.56 Å². The van der Waals surface area contributed by atoms with E-state index in [4.69, 9.17) is 19.6 Å². The van der Waals surface area contributed by atoms with Crippen LogP contribution < -0.4 is 5.32 Å². The molecule has 0 heterocycles. The summed E-state index contributed by atoms with van der Waals surface area (Å²) in [6.45, 7) is 2.17. The van der Waals surface area contributed by atoms with Gasteiger partial charge in [0.05, 0.1) is 19.8 Å². The lowest BCUT2D eigenvalue weighted by molar-refractivity contribution is -0.144. The van der Waals surface area contributed by atoms with Gasteiger partial charge in [-0.3, -0.25) is 20.3 Å². The number of guanidine groups is 1. The van der Waals surface area contributed by atoms with Gasteiger partial charge in [-0.05, 0) is 31.7 Å². The lowest BCUT2D eigenvalue weighted by atomic mass is 10.1. The van der Waals surface area contributed by atoms with Crippen LogP contribution in [0.3, 0.4) is 0 Å². The lowest BCUT2D eigenvalue weighted by Gasteiger charge is -2.18. The number of hydrogen-bond acceptors (Lipinski definition) is 7. The summed E-state index contributed by atoms with van der Waals surface area (Å²) in [5, 5.41) is 9.92. The summed E-state index contributed by atoms with van der Waals surface area (Å²) < 4.78 is 14.9. The first-order valence-corrected chi connectivity index (χ1v) is 9.51. The number of aryl methyl sites for hydroxylation is 1. The van der Waals surface area contributed by atoms with E-state index in [1.807, 2.05) is 30.3 Å². The van der Waals surface area contributed by atoms with Gasteiger partial charge in [0.25, 0.3) is 0 Å². The molecule has 160 valence electrons. The molecule has 0 fully saturated rings. The molecule has 29 heavy (non-hydrogen) atoms. The Balaban J connectivity index is 2.06. The number of hydrogen-bond donors (Lipinski definition) is 2. The molecule has 0 aliphatic rings. The largest absolute Gasteiger partial charge is 0.466 e. The van der Waals surface area contributed by atoms with Gasteiger partial charge >= 0.3 is 18.0 Å². The summed E-state index contributed by atoms with van der Waals surface area (Å²) in [4.78, 5) is 35.9.